The summed E-state index contributed by atoms with van der Waals surface area (Å²) < 4.78 is 0. The van der Waals surface area contributed by atoms with E-state index in [2.05, 4.69) is 24.5 Å². The Balaban J connectivity index is 3.01. The van der Waals surface area contributed by atoms with Gasteiger partial charge in [0.25, 0.3) is 0 Å². The molecule has 2 heteroatoms. The van der Waals surface area contributed by atoms with Crippen molar-refractivity contribution < 1.29 is 0 Å². The molecule has 120 valence electrons. The van der Waals surface area contributed by atoms with Gasteiger partial charge in [-0.2, -0.15) is 0 Å². The van der Waals surface area contributed by atoms with Crippen LogP contribution in [0.1, 0.15) is 96.8 Å². The van der Waals surface area contributed by atoms with Crippen LogP contribution in [-0.4, -0.2) is 6.54 Å². The number of hydrazine groups is 1. The fourth-order valence-electron chi connectivity index (χ4n) is 2.47. The van der Waals surface area contributed by atoms with E-state index in [4.69, 9.17) is 5.84 Å². The quantitative estimate of drug-likeness (QED) is 0.170. The minimum absolute atomic E-state index is 0.960. The molecule has 0 bridgehead atoms. The molecule has 0 aliphatic heterocycles. The average Bonchev–Trinajstić information content (AvgIpc) is 2.47. The summed E-state index contributed by atoms with van der Waals surface area (Å²) in [4.78, 5) is 0. The highest BCUT2D eigenvalue weighted by Crippen LogP contribution is 2.09. The normalized spacial score (nSPS) is 11.5. The zero-order valence-electron chi connectivity index (χ0n) is 13.8. The Morgan fingerprint density at radius 1 is 0.650 bits per heavy atom. The third-order valence-corrected chi connectivity index (χ3v) is 3.83. The van der Waals surface area contributed by atoms with Crippen molar-refractivity contribution in [2.45, 2.75) is 96.8 Å². The smallest absolute Gasteiger partial charge is 0.00974 e. The first kappa shape index (κ1) is 19.7. The van der Waals surface area contributed by atoms with Crippen LogP contribution in [0.5, 0.6) is 0 Å². The summed E-state index contributed by atoms with van der Waals surface area (Å²) in [6.45, 7) is 3.24. The van der Waals surface area contributed by atoms with Gasteiger partial charge in [0, 0.05) is 6.54 Å². The van der Waals surface area contributed by atoms with Gasteiger partial charge in [-0.15, -0.1) is 0 Å². The fraction of sp³-hybridized carbons (Fsp3) is 0.889. The second kappa shape index (κ2) is 18.7. The van der Waals surface area contributed by atoms with E-state index in [9.17, 15) is 0 Å². The molecule has 0 aromatic heterocycles. The van der Waals surface area contributed by atoms with E-state index >= 15 is 0 Å². The van der Waals surface area contributed by atoms with Gasteiger partial charge in [-0.1, -0.05) is 76.9 Å². The predicted octanol–water partition coefficient (Wildman–Crippen LogP) is 5.49. The topological polar surface area (TPSA) is 38.0 Å². The lowest BCUT2D eigenvalue weighted by Gasteiger charge is -2.00. The number of unbranched alkanes of at least 4 members (excludes halogenated alkanes) is 12. The standard InChI is InChI=1S/C18H38N2/c1-2-3-4-5-6-7-8-9-10-11-12-13-14-15-16-17-18-20-19/h9-10,20H,2-8,11-19H2,1H3/b10-9-. The first-order chi connectivity index (χ1) is 9.91. The van der Waals surface area contributed by atoms with E-state index in [-0.39, 0.29) is 0 Å². The SMILES string of the molecule is CCCCCCCC/C=C\CCCCCCCCNN. The van der Waals surface area contributed by atoms with Crippen molar-refractivity contribution in [1.82, 2.24) is 5.43 Å². The van der Waals surface area contributed by atoms with Gasteiger partial charge in [0.2, 0.25) is 0 Å². The molecule has 0 saturated carbocycles. The number of rotatable bonds is 16. The van der Waals surface area contributed by atoms with Gasteiger partial charge in [0.15, 0.2) is 0 Å². The molecular formula is C18H38N2. The molecule has 0 aliphatic carbocycles. The highest BCUT2D eigenvalue weighted by atomic mass is 15.2. The summed E-state index contributed by atoms with van der Waals surface area (Å²) in [5.41, 5.74) is 2.71. The molecule has 0 unspecified atom stereocenters. The number of hydrogen-bond acceptors (Lipinski definition) is 2. The summed E-state index contributed by atoms with van der Waals surface area (Å²) in [5.74, 6) is 5.23. The molecule has 0 spiro atoms. The number of allylic oxidation sites excluding steroid dienone is 2. The van der Waals surface area contributed by atoms with Crippen LogP contribution in [0.2, 0.25) is 0 Å². The lowest BCUT2D eigenvalue weighted by atomic mass is 10.1. The molecule has 0 amide bonds. The van der Waals surface area contributed by atoms with Crippen molar-refractivity contribution in [3.63, 3.8) is 0 Å². The van der Waals surface area contributed by atoms with Gasteiger partial charge >= 0.3 is 0 Å². The molecule has 0 aromatic carbocycles. The lowest BCUT2D eigenvalue weighted by molar-refractivity contribution is 0.574. The maximum Gasteiger partial charge on any atom is 0.00974 e. The van der Waals surface area contributed by atoms with Gasteiger partial charge in [0.1, 0.15) is 0 Å². The molecule has 20 heavy (non-hydrogen) atoms. The van der Waals surface area contributed by atoms with Gasteiger partial charge in [-0.3, -0.25) is 11.3 Å². The van der Waals surface area contributed by atoms with E-state index < -0.39 is 0 Å². The number of hydrogen-bond donors (Lipinski definition) is 2. The summed E-state index contributed by atoms with van der Waals surface area (Å²) in [5, 5.41) is 0. The summed E-state index contributed by atoms with van der Waals surface area (Å²) in [6, 6.07) is 0. The first-order valence-electron chi connectivity index (χ1n) is 9.00. The van der Waals surface area contributed by atoms with Crippen LogP contribution >= 0.6 is 0 Å². The average molecular weight is 283 g/mol. The third kappa shape index (κ3) is 17.7. The van der Waals surface area contributed by atoms with Crippen LogP contribution in [0.25, 0.3) is 0 Å². The molecule has 0 heterocycles. The van der Waals surface area contributed by atoms with Gasteiger partial charge < -0.3 is 0 Å². The van der Waals surface area contributed by atoms with E-state index in [0.29, 0.717) is 0 Å². The Morgan fingerprint density at radius 2 is 1.10 bits per heavy atom. The molecule has 0 fully saturated rings. The third-order valence-electron chi connectivity index (χ3n) is 3.83. The minimum Gasteiger partial charge on any atom is -0.271 e. The molecule has 0 aliphatic rings. The molecular weight excluding hydrogens is 244 g/mol. The van der Waals surface area contributed by atoms with E-state index in [0.717, 1.165) is 6.54 Å². The summed E-state index contributed by atoms with van der Waals surface area (Å²) >= 11 is 0. The van der Waals surface area contributed by atoms with Crippen molar-refractivity contribution in [2.75, 3.05) is 6.54 Å². The Morgan fingerprint density at radius 3 is 1.60 bits per heavy atom. The predicted molar refractivity (Wildman–Crippen MR) is 91.6 cm³/mol. The Labute approximate surface area is 127 Å². The highest BCUT2D eigenvalue weighted by Gasteiger charge is 1.91. The maximum atomic E-state index is 5.23. The fourth-order valence-corrected chi connectivity index (χ4v) is 2.47. The van der Waals surface area contributed by atoms with Crippen LogP contribution in [-0.2, 0) is 0 Å². The number of nitrogens with one attached hydrogen (secondary N) is 1. The van der Waals surface area contributed by atoms with Gasteiger partial charge in [0.05, 0.1) is 0 Å². The largest absolute Gasteiger partial charge is 0.271 e. The Kier molecular flexibility index (Phi) is 18.3. The minimum atomic E-state index is 0.960. The highest BCUT2D eigenvalue weighted by molar-refractivity contribution is 4.81. The molecule has 0 radical (unpaired) electrons. The Bertz CT molecular complexity index is 190. The molecule has 0 saturated heterocycles. The molecule has 0 rings (SSSR count). The van der Waals surface area contributed by atoms with Gasteiger partial charge in [-0.25, -0.2) is 0 Å². The lowest BCUT2D eigenvalue weighted by Crippen LogP contribution is -2.22. The monoisotopic (exact) mass is 282 g/mol. The maximum absolute atomic E-state index is 5.23. The van der Waals surface area contributed by atoms with Crippen LogP contribution < -0.4 is 11.3 Å². The Hall–Kier alpha value is -0.340. The second-order valence-electron chi connectivity index (χ2n) is 5.89. The van der Waals surface area contributed by atoms with Crippen molar-refractivity contribution in [2.24, 2.45) is 5.84 Å². The van der Waals surface area contributed by atoms with Crippen LogP contribution in [0.4, 0.5) is 0 Å². The van der Waals surface area contributed by atoms with E-state index in [1.807, 2.05) is 0 Å². The van der Waals surface area contributed by atoms with Crippen molar-refractivity contribution in [3.8, 4) is 0 Å². The van der Waals surface area contributed by atoms with Crippen LogP contribution in [0, 0.1) is 0 Å². The van der Waals surface area contributed by atoms with Gasteiger partial charge in [-0.05, 0) is 32.1 Å². The zero-order valence-corrected chi connectivity index (χ0v) is 13.8. The summed E-state index contributed by atoms with van der Waals surface area (Å²) in [7, 11) is 0. The van der Waals surface area contributed by atoms with Crippen LogP contribution in [0.3, 0.4) is 0 Å². The van der Waals surface area contributed by atoms with E-state index in [1.54, 1.807) is 0 Å². The van der Waals surface area contributed by atoms with Crippen molar-refractivity contribution >= 4 is 0 Å². The molecule has 0 atom stereocenters. The molecule has 3 N–H and O–H groups in total. The van der Waals surface area contributed by atoms with Crippen molar-refractivity contribution in [3.05, 3.63) is 12.2 Å². The number of nitrogens with two attached hydrogens (primary N) is 1. The summed E-state index contributed by atoms with van der Waals surface area (Å²) in [6.07, 6.45) is 23.8. The first-order valence-corrected chi connectivity index (χ1v) is 9.00. The molecule has 2 nitrogen and oxygen atoms in total. The zero-order chi connectivity index (χ0) is 14.7. The second-order valence-corrected chi connectivity index (χ2v) is 5.89. The van der Waals surface area contributed by atoms with E-state index in [1.165, 1.54) is 89.9 Å². The van der Waals surface area contributed by atoms with Crippen LogP contribution in [0.15, 0.2) is 12.2 Å². The van der Waals surface area contributed by atoms with Crippen molar-refractivity contribution in [1.29, 1.82) is 0 Å². The molecule has 0 aromatic rings.